The SMILES string of the molecule is O=C(CCCc1c[nH]c2ccccc12)NNc1ccc(C(F)(F)F)cc1[N+](=O)[O-]. The zero-order valence-corrected chi connectivity index (χ0v) is 15.0. The van der Waals surface area contributed by atoms with Crippen molar-refractivity contribution >= 4 is 28.2 Å². The van der Waals surface area contributed by atoms with Crippen LogP contribution in [0.2, 0.25) is 0 Å². The molecular formula is C19H17F3N4O3. The van der Waals surface area contributed by atoms with Gasteiger partial charge in [-0.3, -0.25) is 25.8 Å². The number of H-pyrrole nitrogens is 1. The number of nitro benzene ring substituents is 1. The zero-order valence-electron chi connectivity index (χ0n) is 15.0. The lowest BCUT2D eigenvalue weighted by molar-refractivity contribution is -0.384. The van der Waals surface area contributed by atoms with Crippen molar-refractivity contribution in [3.63, 3.8) is 0 Å². The molecule has 0 bridgehead atoms. The van der Waals surface area contributed by atoms with E-state index in [1.165, 1.54) is 0 Å². The van der Waals surface area contributed by atoms with Crippen LogP contribution in [0.25, 0.3) is 10.9 Å². The summed E-state index contributed by atoms with van der Waals surface area (Å²) in [5, 5.41) is 12.1. The zero-order chi connectivity index (χ0) is 21.0. The molecule has 10 heteroatoms. The van der Waals surface area contributed by atoms with Crippen LogP contribution in [-0.2, 0) is 17.4 Å². The molecular weight excluding hydrogens is 389 g/mol. The van der Waals surface area contributed by atoms with Crippen molar-refractivity contribution in [2.75, 3.05) is 5.43 Å². The van der Waals surface area contributed by atoms with Crippen molar-refractivity contribution < 1.29 is 22.9 Å². The lowest BCUT2D eigenvalue weighted by atomic mass is 10.1. The van der Waals surface area contributed by atoms with Gasteiger partial charge in [-0.1, -0.05) is 18.2 Å². The van der Waals surface area contributed by atoms with Gasteiger partial charge in [-0.25, -0.2) is 0 Å². The van der Waals surface area contributed by atoms with Crippen LogP contribution in [0, 0.1) is 10.1 Å². The summed E-state index contributed by atoms with van der Waals surface area (Å²) in [6.45, 7) is 0. The van der Waals surface area contributed by atoms with Gasteiger partial charge in [0.15, 0.2) is 0 Å². The molecule has 7 nitrogen and oxygen atoms in total. The number of alkyl halides is 3. The number of carbonyl (C=O) groups excluding carboxylic acids is 1. The van der Waals surface area contributed by atoms with Gasteiger partial charge < -0.3 is 4.98 Å². The number of hydrogen-bond donors (Lipinski definition) is 3. The number of aryl methyl sites for hydroxylation is 1. The number of para-hydroxylation sites is 1. The van der Waals surface area contributed by atoms with Crippen molar-refractivity contribution in [1.29, 1.82) is 0 Å². The van der Waals surface area contributed by atoms with E-state index in [0.29, 0.717) is 25.0 Å². The second-order valence-electron chi connectivity index (χ2n) is 6.37. The monoisotopic (exact) mass is 406 g/mol. The van der Waals surface area contributed by atoms with Gasteiger partial charge in [0.25, 0.3) is 5.69 Å². The highest BCUT2D eigenvalue weighted by Crippen LogP contribution is 2.34. The Morgan fingerprint density at radius 3 is 2.66 bits per heavy atom. The molecule has 0 aliphatic carbocycles. The number of hydrazine groups is 1. The summed E-state index contributed by atoms with van der Waals surface area (Å²) in [5.41, 5.74) is 4.54. The van der Waals surface area contributed by atoms with Gasteiger partial charge >= 0.3 is 6.18 Å². The van der Waals surface area contributed by atoms with E-state index in [1.807, 2.05) is 30.5 Å². The molecule has 3 N–H and O–H groups in total. The van der Waals surface area contributed by atoms with Gasteiger partial charge in [-0.2, -0.15) is 13.2 Å². The minimum atomic E-state index is -4.70. The topological polar surface area (TPSA) is 100 Å². The summed E-state index contributed by atoms with van der Waals surface area (Å²) in [5.74, 6) is -0.431. The molecule has 0 unspecified atom stereocenters. The molecule has 3 rings (SSSR count). The number of carbonyl (C=O) groups is 1. The fraction of sp³-hybridized carbons (Fsp3) is 0.211. The third-order valence-corrected chi connectivity index (χ3v) is 4.38. The van der Waals surface area contributed by atoms with E-state index >= 15 is 0 Å². The highest BCUT2D eigenvalue weighted by atomic mass is 19.4. The predicted molar refractivity (Wildman–Crippen MR) is 101 cm³/mol. The second-order valence-corrected chi connectivity index (χ2v) is 6.37. The molecule has 2 aromatic carbocycles. The Kier molecular flexibility index (Phi) is 5.71. The average molecular weight is 406 g/mol. The number of anilines is 1. The fourth-order valence-electron chi connectivity index (χ4n) is 2.94. The molecule has 0 atom stereocenters. The molecule has 0 spiro atoms. The number of amides is 1. The molecule has 0 aliphatic rings. The van der Waals surface area contributed by atoms with Crippen molar-refractivity contribution in [3.8, 4) is 0 Å². The van der Waals surface area contributed by atoms with Crippen molar-refractivity contribution in [3.05, 3.63) is 69.9 Å². The molecule has 0 saturated heterocycles. The van der Waals surface area contributed by atoms with Crippen LogP contribution < -0.4 is 10.9 Å². The first-order valence-corrected chi connectivity index (χ1v) is 8.71. The molecule has 1 aromatic heterocycles. The third-order valence-electron chi connectivity index (χ3n) is 4.38. The van der Waals surface area contributed by atoms with E-state index in [9.17, 15) is 28.1 Å². The van der Waals surface area contributed by atoms with E-state index in [1.54, 1.807) is 0 Å². The van der Waals surface area contributed by atoms with E-state index < -0.39 is 28.3 Å². The molecule has 0 radical (unpaired) electrons. The normalized spacial score (nSPS) is 11.4. The minimum Gasteiger partial charge on any atom is -0.361 e. The first-order chi connectivity index (χ1) is 13.8. The summed E-state index contributed by atoms with van der Waals surface area (Å²) >= 11 is 0. The molecule has 29 heavy (non-hydrogen) atoms. The smallest absolute Gasteiger partial charge is 0.361 e. The van der Waals surface area contributed by atoms with E-state index in [4.69, 9.17) is 0 Å². The number of nitrogens with zero attached hydrogens (tertiary/aromatic N) is 1. The number of aromatic amines is 1. The Morgan fingerprint density at radius 1 is 1.17 bits per heavy atom. The molecule has 152 valence electrons. The maximum atomic E-state index is 12.7. The van der Waals surface area contributed by atoms with Gasteiger partial charge in [0, 0.05) is 29.6 Å². The van der Waals surface area contributed by atoms with Gasteiger partial charge in [-0.05, 0) is 36.6 Å². The Bertz CT molecular complexity index is 1050. The van der Waals surface area contributed by atoms with Crippen molar-refractivity contribution in [2.24, 2.45) is 0 Å². The first-order valence-electron chi connectivity index (χ1n) is 8.71. The van der Waals surface area contributed by atoms with E-state index in [2.05, 4.69) is 15.8 Å². The van der Waals surface area contributed by atoms with Crippen LogP contribution in [0.4, 0.5) is 24.5 Å². The highest BCUT2D eigenvalue weighted by Gasteiger charge is 2.33. The predicted octanol–water partition coefficient (Wildman–Crippen LogP) is 4.56. The standard InChI is InChI=1S/C19H17F3N4O3/c20-19(21,22)13-8-9-16(17(10-13)26(28)29)24-25-18(27)7-3-4-12-11-23-15-6-2-1-5-14(12)15/h1-2,5-6,8-11,23-24H,3-4,7H2,(H,25,27). The Balaban J connectivity index is 1.56. The molecule has 1 amide bonds. The summed E-state index contributed by atoms with van der Waals surface area (Å²) in [6.07, 6.45) is -1.50. The Labute approximate surface area is 163 Å². The maximum Gasteiger partial charge on any atom is 0.416 e. The lowest BCUT2D eigenvalue weighted by Gasteiger charge is -2.11. The average Bonchev–Trinajstić information content (AvgIpc) is 3.08. The fourth-order valence-corrected chi connectivity index (χ4v) is 2.94. The number of halogens is 3. The Morgan fingerprint density at radius 2 is 1.93 bits per heavy atom. The number of benzene rings is 2. The van der Waals surface area contributed by atoms with Crippen LogP contribution >= 0.6 is 0 Å². The van der Waals surface area contributed by atoms with Crippen molar-refractivity contribution in [1.82, 2.24) is 10.4 Å². The molecule has 0 aliphatic heterocycles. The van der Waals surface area contributed by atoms with E-state index in [0.717, 1.165) is 22.5 Å². The number of nitrogens with one attached hydrogen (secondary N) is 3. The van der Waals surface area contributed by atoms with Crippen LogP contribution in [0.1, 0.15) is 24.0 Å². The Hall–Kier alpha value is -3.56. The number of nitro groups is 1. The molecule has 1 heterocycles. The van der Waals surface area contributed by atoms with Crippen LogP contribution in [0.3, 0.4) is 0 Å². The summed E-state index contributed by atoms with van der Waals surface area (Å²) < 4.78 is 38.1. The van der Waals surface area contributed by atoms with Gasteiger partial charge in [0.2, 0.25) is 5.91 Å². The van der Waals surface area contributed by atoms with Crippen LogP contribution in [0.5, 0.6) is 0 Å². The van der Waals surface area contributed by atoms with Crippen LogP contribution in [0.15, 0.2) is 48.7 Å². The lowest BCUT2D eigenvalue weighted by Crippen LogP contribution is -2.29. The van der Waals surface area contributed by atoms with Gasteiger partial charge in [0.1, 0.15) is 5.69 Å². The van der Waals surface area contributed by atoms with E-state index in [-0.39, 0.29) is 12.1 Å². The summed E-state index contributed by atoms with van der Waals surface area (Å²) in [7, 11) is 0. The quantitative estimate of drug-likeness (QED) is 0.396. The number of fused-ring (bicyclic) bond motifs is 1. The van der Waals surface area contributed by atoms with Gasteiger partial charge in [0.05, 0.1) is 10.5 Å². The summed E-state index contributed by atoms with van der Waals surface area (Å²) in [6, 6.07) is 9.81. The number of hydrogen-bond acceptors (Lipinski definition) is 4. The van der Waals surface area contributed by atoms with Gasteiger partial charge in [-0.15, -0.1) is 0 Å². The summed E-state index contributed by atoms with van der Waals surface area (Å²) in [4.78, 5) is 25.2. The largest absolute Gasteiger partial charge is 0.416 e. The first kappa shape index (κ1) is 20.2. The minimum absolute atomic E-state index is 0.140. The highest BCUT2D eigenvalue weighted by molar-refractivity contribution is 5.83. The number of rotatable bonds is 7. The third kappa shape index (κ3) is 4.84. The molecule has 0 saturated carbocycles. The number of aromatic nitrogens is 1. The maximum absolute atomic E-state index is 12.7. The molecule has 0 fully saturated rings. The van der Waals surface area contributed by atoms with Crippen LogP contribution in [-0.4, -0.2) is 15.8 Å². The molecule has 3 aromatic rings. The second kappa shape index (κ2) is 8.21. The van der Waals surface area contributed by atoms with Crippen molar-refractivity contribution in [2.45, 2.75) is 25.4 Å².